The van der Waals surface area contributed by atoms with Crippen LogP contribution in [0.25, 0.3) is 0 Å². The fraction of sp³-hybridized carbons (Fsp3) is 0.650. The normalized spacial score (nSPS) is 17.8. The smallest absolute Gasteiger partial charge is 0.220 e. The molecule has 1 aliphatic rings. The zero-order valence-corrected chi connectivity index (χ0v) is 16.1. The fourth-order valence-electron chi connectivity index (χ4n) is 3.56. The topological polar surface area (TPSA) is 41.1 Å². The van der Waals surface area contributed by atoms with Gasteiger partial charge in [-0.1, -0.05) is 51.1 Å². The van der Waals surface area contributed by atoms with E-state index in [-0.39, 0.29) is 24.4 Å². The number of benzene rings is 1. The average molecular weight is 353 g/mol. The molecule has 1 aromatic carbocycles. The number of hydrogen-bond acceptors (Lipinski definition) is 2. The third kappa shape index (κ3) is 6.82. The first-order chi connectivity index (χ1) is 11.1. The summed E-state index contributed by atoms with van der Waals surface area (Å²) in [6.45, 7) is 8.84. The van der Waals surface area contributed by atoms with Crippen LogP contribution in [0.3, 0.4) is 0 Å². The Balaban J connectivity index is 0.00000288. The Kier molecular flexibility index (Phi) is 9.38. The second-order valence-corrected chi connectivity index (χ2v) is 7.43. The summed E-state index contributed by atoms with van der Waals surface area (Å²) in [5.41, 5.74) is 1.21. The van der Waals surface area contributed by atoms with Gasteiger partial charge in [0.05, 0.1) is 6.04 Å². The van der Waals surface area contributed by atoms with Crippen molar-refractivity contribution >= 4 is 18.3 Å². The van der Waals surface area contributed by atoms with E-state index in [1.165, 1.54) is 18.4 Å². The molecule has 2 N–H and O–H groups in total. The first-order valence-corrected chi connectivity index (χ1v) is 9.11. The van der Waals surface area contributed by atoms with Gasteiger partial charge in [-0.2, -0.15) is 0 Å². The molecule has 0 saturated carbocycles. The van der Waals surface area contributed by atoms with Crippen LogP contribution in [0.5, 0.6) is 0 Å². The summed E-state index contributed by atoms with van der Waals surface area (Å²) < 4.78 is 0. The first kappa shape index (κ1) is 21.0. The molecular weight excluding hydrogens is 320 g/mol. The van der Waals surface area contributed by atoms with Gasteiger partial charge in [-0.15, -0.1) is 12.4 Å². The van der Waals surface area contributed by atoms with Crippen LogP contribution in [0.15, 0.2) is 30.3 Å². The molecule has 2 unspecified atom stereocenters. The van der Waals surface area contributed by atoms with Crippen LogP contribution in [-0.2, 0) is 4.79 Å². The van der Waals surface area contributed by atoms with Gasteiger partial charge in [0, 0.05) is 6.42 Å². The number of carbonyl (C=O) groups excluding carboxylic acids is 1. The average Bonchev–Trinajstić information content (AvgIpc) is 2.55. The Morgan fingerprint density at radius 2 is 1.79 bits per heavy atom. The molecule has 1 aliphatic heterocycles. The van der Waals surface area contributed by atoms with Crippen LogP contribution < -0.4 is 10.6 Å². The van der Waals surface area contributed by atoms with E-state index in [1.54, 1.807) is 0 Å². The Hall–Kier alpha value is -1.06. The molecule has 1 fully saturated rings. The molecule has 1 heterocycles. The Morgan fingerprint density at radius 3 is 2.38 bits per heavy atom. The highest BCUT2D eigenvalue weighted by molar-refractivity contribution is 5.85. The number of rotatable bonds is 7. The van der Waals surface area contributed by atoms with Gasteiger partial charge >= 0.3 is 0 Å². The lowest BCUT2D eigenvalue weighted by atomic mass is 9.84. The van der Waals surface area contributed by atoms with Crippen molar-refractivity contribution < 1.29 is 4.79 Å². The predicted octanol–water partition coefficient (Wildman–Crippen LogP) is 4.34. The van der Waals surface area contributed by atoms with Crippen molar-refractivity contribution in [3.05, 3.63) is 35.9 Å². The van der Waals surface area contributed by atoms with E-state index in [2.05, 4.69) is 43.5 Å². The van der Waals surface area contributed by atoms with E-state index in [1.807, 2.05) is 18.2 Å². The maximum Gasteiger partial charge on any atom is 0.220 e. The minimum atomic E-state index is 0. The number of carbonyl (C=O) groups is 1. The zero-order valence-electron chi connectivity index (χ0n) is 15.3. The second-order valence-electron chi connectivity index (χ2n) is 7.43. The van der Waals surface area contributed by atoms with Gasteiger partial charge in [0.15, 0.2) is 0 Å². The SMILES string of the molecule is CC(C)CC(NC(=O)CC(C)C1CCNCC1)c1ccccc1.Cl. The van der Waals surface area contributed by atoms with Crippen LogP contribution in [0.4, 0.5) is 0 Å². The van der Waals surface area contributed by atoms with Crippen molar-refractivity contribution in [1.29, 1.82) is 0 Å². The number of amides is 1. The molecule has 1 amide bonds. The van der Waals surface area contributed by atoms with Gasteiger partial charge in [-0.3, -0.25) is 4.79 Å². The molecule has 136 valence electrons. The minimum Gasteiger partial charge on any atom is -0.349 e. The summed E-state index contributed by atoms with van der Waals surface area (Å²) in [4.78, 5) is 12.5. The van der Waals surface area contributed by atoms with Gasteiger partial charge in [-0.05, 0) is 55.7 Å². The molecule has 0 bridgehead atoms. The van der Waals surface area contributed by atoms with E-state index < -0.39 is 0 Å². The highest BCUT2D eigenvalue weighted by atomic mass is 35.5. The van der Waals surface area contributed by atoms with Gasteiger partial charge in [-0.25, -0.2) is 0 Å². The minimum absolute atomic E-state index is 0. The molecule has 0 aliphatic carbocycles. The fourth-order valence-corrected chi connectivity index (χ4v) is 3.56. The summed E-state index contributed by atoms with van der Waals surface area (Å²) in [5.74, 6) is 1.91. The zero-order chi connectivity index (χ0) is 16.7. The molecule has 3 nitrogen and oxygen atoms in total. The summed E-state index contributed by atoms with van der Waals surface area (Å²) in [6, 6.07) is 10.5. The maximum atomic E-state index is 12.5. The van der Waals surface area contributed by atoms with Gasteiger partial charge < -0.3 is 10.6 Å². The van der Waals surface area contributed by atoms with Crippen LogP contribution in [0.1, 0.15) is 58.1 Å². The van der Waals surface area contributed by atoms with Crippen LogP contribution in [0, 0.1) is 17.8 Å². The first-order valence-electron chi connectivity index (χ1n) is 9.11. The molecule has 24 heavy (non-hydrogen) atoms. The molecule has 0 radical (unpaired) electrons. The number of piperidine rings is 1. The van der Waals surface area contributed by atoms with Crippen molar-refractivity contribution in [3.63, 3.8) is 0 Å². The molecule has 0 spiro atoms. The molecule has 2 rings (SSSR count). The largest absolute Gasteiger partial charge is 0.349 e. The lowest BCUT2D eigenvalue weighted by Gasteiger charge is -2.29. The van der Waals surface area contributed by atoms with Crippen molar-refractivity contribution in [2.24, 2.45) is 17.8 Å². The van der Waals surface area contributed by atoms with Gasteiger partial charge in [0.1, 0.15) is 0 Å². The number of nitrogens with one attached hydrogen (secondary N) is 2. The lowest BCUT2D eigenvalue weighted by molar-refractivity contribution is -0.123. The van der Waals surface area contributed by atoms with E-state index >= 15 is 0 Å². The van der Waals surface area contributed by atoms with E-state index in [0.717, 1.165) is 19.5 Å². The molecule has 1 saturated heterocycles. The van der Waals surface area contributed by atoms with E-state index in [0.29, 0.717) is 24.2 Å². The Labute approximate surface area is 153 Å². The Morgan fingerprint density at radius 1 is 1.17 bits per heavy atom. The van der Waals surface area contributed by atoms with Crippen LogP contribution in [-0.4, -0.2) is 19.0 Å². The molecule has 4 heteroatoms. The maximum absolute atomic E-state index is 12.5. The second kappa shape index (κ2) is 10.7. The van der Waals surface area contributed by atoms with Crippen molar-refractivity contribution in [2.45, 2.75) is 52.5 Å². The summed E-state index contributed by atoms with van der Waals surface area (Å²) in [7, 11) is 0. The summed E-state index contributed by atoms with van der Waals surface area (Å²) >= 11 is 0. The standard InChI is InChI=1S/C20H32N2O.ClH/c1-15(2)13-19(18-7-5-4-6-8-18)22-20(23)14-16(3)17-9-11-21-12-10-17;/h4-8,15-17,19,21H,9-14H2,1-3H3,(H,22,23);1H. The Bertz CT molecular complexity index is 472. The summed E-state index contributed by atoms with van der Waals surface area (Å²) in [5, 5.41) is 6.68. The highest BCUT2D eigenvalue weighted by Gasteiger charge is 2.23. The molecule has 1 aromatic rings. The molecule has 2 atom stereocenters. The quantitative estimate of drug-likeness (QED) is 0.766. The monoisotopic (exact) mass is 352 g/mol. The van der Waals surface area contributed by atoms with Crippen molar-refractivity contribution in [3.8, 4) is 0 Å². The van der Waals surface area contributed by atoms with Gasteiger partial charge in [0.25, 0.3) is 0 Å². The third-order valence-corrected chi connectivity index (χ3v) is 4.94. The van der Waals surface area contributed by atoms with E-state index in [4.69, 9.17) is 0 Å². The van der Waals surface area contributed by atoms with Crippen LogP contribution >= 0.6 is 12.4 Å². The molecular formula is C20H33ClN2O. The predicted molar refractivity (Wildman–Crippen MR) is 103 cm³/mol. The van der Waals surface area contributed by atoms with Crippen molar-refractivity contribution in [1.82, 2.24) is 10.6 Å². The van der Waals surface area contributed by atoms with Crippen LogP contribution in [0.2, 0.25) is 0 Å². The third-order valence-electron chi connectivity index (χ3n) is 4.94. The molecule has 0 aromatic heterocycles. The lowest BCUT2D eigenvalue weighted by Crippen LogP contribution is -2.35. The van der Waals surface area contributed by atoms with Crippen molar-refractivity contribution in [2.75, 3.05) is 13.1 Å². The van der Waals surface area contributed by atoms with Gasteiger partial charge in [0.2, 0.25) is 5.91 Å². The summed E-state index contributed by atoms with van der Waals surface area (Å²) in [6.07, 6.45) is 4.02. The number of hydrogen-bond donors (Lipinski definition) is 2. The number of halogens is 1. The highest BCUT2D eigenvalue weighted by Crippen LogP contribution is 2.26. The van der Waals surface area contributed by atoms with E-state index in [9.17, 15) is 4.79 Å².